The topological polar surface area (TPSA) is 109 Å². The summed E-state index contributed by atoms with van der Waals surface area (Å²) < 4.78 is 16.6. The van der Waals surface area contributed by atoms with Gasteiger partial charge in [0, 0.05) is 37.7 Å². The number of amides is 3. The summed E-state index contributed by atoms with van der Waals surface area (Å²) in [6.07, 6.45) is 0.552. The van der Waals surface area contributed by atoms with Gasteiger partial charge in [-0.25, -0.2) is 18.9 Å². The first-order valence-corrected chi connectivity index (χ1v) is 13.1. The van der Waals surface area contributed by atoms with E-state index in [1.807, 2.05) is 30.5 Å². The van der Waals surface area contributed by atoms with Crippen LogP contribution in [0.3, 0.4) is 0 Å². The molecule has 0 atom stereocenters. The number of benzene rings is 1. The summed E-state index contributed by atoms with van der Waals surface area (Å²) in [5, 5.41) is 14.4. The van der Waals surface area contributed by atoms with Crippen LogP contribution in [0.2, 0.25) is 0 Å². The smallest absolute Gasteiger partial charge is 0.320 e. The van der Waals surface area contributed by atoms with Crippen LogP contribution >= 0.6 is 11.8 Å². The minimum absolute atomic E-state index is 0.000953. The van der Waals surface area contributed by atoms with Crippen LogP contribution in [-0.4, -0.2) is 78.1 Å². The third-order valence-corrected chi connectivity index (χ3v) is 7.24. The van der Waals surface area contributed by atoms with Crippen LogP contribution in [0, 0.1) is 5.82 Å². The van der Waals surface area contributed by atoms with Crippen molar-refractivity contribution in [3.05, 3.63) is 52.8 Å². The van der Waals surface area contributed by atoms with Crippen molar-refractivity contribution in [2.75, 3.05) is 36.5 Å². The fourth-order valence-electron chi connectivity index (χ4n) is 4.39. The molecule has 1 aromatic carbocycles. The molecule has 2 aromatic heterocycles. The molecule has 12 heteroatoms. The fraction of sp³-hybridized carbons (Fsp3) is 0.417. The van der Waals surface area contributed by atoms with Gasteiger partial charge in [0.2, 0.25) is 5.82 Å². The lowest BCUT2D eigenvalue weighted by molar-refractivity contribution is 0.102. The van der Waals surface area contributed by atoms with Gasteiger partial charge in [0.25, 0.3) is 5.91 Å². The maximum atomic E-state index is 14.9. The molecule has 3 amide bonds. The molecule has 0 unspecified atom stereocenters. The van der Waals surface area contributed by atoms with Crippen LogP contribution in [0.1, 0.15) is 41.4 Å². The van der Waals surface area contributed by atoms with E-state index in [0.717, 1.165) is 35.7 Å². The summed E-state index contributed by atoms with van der Waals surface area (Å²) in [7, 11) is 0. The highest BCUT2D eigenvalue weighted by atomic mass is 32.2. The van der Waals surface area contributed by atoms with E-state index >= 15 is 0 Å². The van der Waals surface area contributed by atoms with Crippen molar-refractivity contribution in [2.45, 2.75) is 32.9 Å². The number of halogens is 1. The van der Waals surface area contributed by atoms with Crippen molar-refractivity contribution >= 4 is 29.5 Å². The third kappa shape index (κ3) is 4.90. The van der Waals surface area contributed by atoms with Gasteiger partial charge < -0.3 is 15.1 Å². The van der Waals surface area contributed by atoms with Crippen molar-refractivity contribution in [3.8, 4) is 11.5 Å². The minimum Gasteiger partial charge on any atom is -0.323 e. The van der Waals surface area contributed by atoms with E-state index in [1.165, 1.54) is 6.07 Å². The summed E-state index contributed by atoms with van der Waals surface area (Å²) in [5.41, 5.74) is 2.01. The Labute approximate surface area is 212 Å². The molecule has 1 N–H and O–H groups in total. The highest BCUT2D eigenvalue weighted by Crippen LogP contribution is 2.25. The molecular weight excluding hydrogens is 483 g/mol. The summed E-state index contributed by atoms with van der Waals surface area (Å²) in [4.78, 5) is 34.1. The van der Waals surface area contributed by atoms with Gasteiger partial charge in [0.05, 0.1) is 11.6 Å². The second-order valence-electron chi connectivity index (χ2n) is 9.06. The van der Waals surface area contributed by atoms with Crippen LogP contribution in [0.5, 0.6) is 0 Å². The van der Waals surface area contributed by atoms with Crippen LogP contribution in [-0.2, 0) is 13.0 Å². The normalized spacial score (nSPS) is 15.7. The van der Waals surface area contributed by atoms with Crippen molar-refractivity contribution in [1.29, 1.82) is 0 Å². The summed E-state index contributed by atoms with van der Waals surface area (Å²) >= 11 is 1.85. The molecule has 0 radical (unpaired) electrons. The molecule has 36 heavy (non-hydrogen) atoms. The number of thioether (sulfide) groups is 1. The lowest BCUT2D eigenvalue weighted by Gasteiger charge is -2.35. The Morgan fingerprint density at radius 3 is 2.67 bits per heavy atom. The fourth-order valence-corrected chi connectivity index (χ4v) is 5.30. The number of rotatable bonds is 4. The summed E-state index contributed by atoms with van der Waals surface area (Å²) in [5.74, 6) is 1.39. The Morgan fingerprint density at radius 2 is 1.89 bits per heavy atom. The zero-order chi connectivity index (χ0) is 25.2. The van der Waals surface area contributed by atoms with Gasteiger partial charge in [-0.05, 0) is 66.1 Å². The minimum atomic E-state index is -0.611. The number of nitrogens with one attached hydrogen (secondary N) is 1. The van der Waals surface area contributed by atoms with Crippen molar-refractivity contribution in [1.82, 2.24) is 35.0 Å². The van der Waals surface area contributed by atoms with E-state index in [1.54, 1.807) is 33.8 Å². The van der Waals surface area contributed by atoms with Gasteiger partial charge >= 0.3 is 6.03 Å². The average molecular weight is 511 g/mol. The molecule has 0 aliphatic carbocycles. The number of nitrogens with zero attached hydrogens (tertiary/aromatic N) is 7. The number of tetrazole rings is 1. The largest absolute Gasteiger partial charge is 0.323 e. The van der Waals surface area contributed by atoms with Crippen molar-refractivity contribution < 1.29 is 14.0 Å². The number of pyridine rings is 1. The van der Waals surface area contributed by atoms with Gasteiger partial charge in [0.15, 0.2) is 0 Å². The predicted molar refractivity (Wildman–Crippen MR) is 134 cm³/mol. The number of hydrogen-bond donors (Lipinski definition) is 1. The first-order valence-electron chi connectivity index (χ1n) is 11.9. The number of urea groups is 1. The Hall–Kier alpha value is -3.54. The summed E-state index contributed by atoms with van der Waals surface area (Å²) in [6, 6.07) is 8.08. The van der Waals surface area contributed by atoms with Crippen LogP contribution in [0.4, 0.5) is 15.0 Å². The van der Waals surface area contributed by atoms with Gasteiger partial charge in [-0.3, -0.25) is 4.79 Å². The van der Waals surface area contributed by atoms with Crippen LogP contribution < -0.4 is 5.32 Å². The quantitative estimate of drug-likeness (QED) is 0.574. The predicted octanol–water partition coefficient (Wildman–Crippen LogP) is 3.23. The molecule has 10 nitrogen and oxygen atoms in total. The Bertz CT molecular complexity index is 1290. The van der Waals surface area contributed by atoms with E-state index in [9.17, 15) is 14.0 Å². The number of carbonyl (C=O) groups excluding carboxylic acids is 2. The maximum Gasteiger partial charge on any atom is 0.320 e. The summed E-state index contributed by atoms with van der Waals surface area (Å²) in [6.45, 7) is 6.26. The van der Waals surface area contributed by atoms with Gasteiger partial charge in [-0.1, -0.05) is 6.07 Å². The van der Waals surface area contributed by atoms with E-state index < -0.39 is 11.7 Å². The Balaban J connectivity index is 1.34. The molecule has 3 aromatic rings. The second-order valence-corrected chi connectivity index (χ2v) is 10.3. The molecule has 5 rings (SSSR count). The molecule has 1 fully saturated rings. The monoisotopic (exact) mass is 510 g/mol. The third-order valence-electron chi connectivity index (χ3n) is 6.30. The number of anilines is 1. The Morgan fingerprint density at radius 1 is 1.08 bits per heavy atom. The molecule has 0 spiro atoms. The van der Waals surface area contributed by atoms with Gasteiger partial charge in [-0.2, -0.15) is 11.8 Å². The number of hydrogen-bond acceptors (Lipinski definition) is 7. The van der Waals surface area contributed by atoms with Gasteiger partial charge in [-0.15, -0.1) is 5.10 Å². The van der Waals surface area contributed by atoms with E-state index in [4.69, 9.17) is 0 Å². The number of aromatic nitrogens is 5. The number of fused-ring (bicyclic) bond motifs is 1. The van der Waals surface area contributed by atoms with Crippen LogP contribution in [0.25, 0.3) is 11.5 Å². The Kier molecular flexibility index (Phi) is 6.86. The lowest BCUT2D eigenvalue weighted by atomic mass is 9.96. The molecule has 0 saturated carbocycles. The zero-order valence-corrected chi connectivity index (χ0v) is 21.0. The highest BCUT2D eigenvalue weighted by Gasteiger charge is 2.28. The first-order chi connectivity index (χ1) is 17.4. The van der Waals surface area contributed by atoms with E-state index in [0.29, 0.717) is 31.0 Å². The van der Waals surface area contributed by atoms with E-state index in [-0.39, 0.29) is 23.5 Å². The van der Waals surface area contributed by atoms with Crippen molar-refractivity contribution in [2.24, 2.45) is 0 Å². The molecule has 188 valence electrons. The second kappa shape index (κ2) is 10.2. The van der Waals surface area contributed by atoms with Crippen LogP contribution in [0.15, 0.2) is 30.3 Å². The molecule has 2 aliphatic rings. The van der Waals surface area contributed by atoms with E-state index in [2.05, 4.69) is 25.8 Å². The first kappa shape index (κ1) is 24.2. The zero-order valence-electron chi connectivity index (χ0n) is 20.1. The van der Waals surface area contributed by atoms with Gasteiger partial charge in [0.1, 0.15) is 17.3 Å². The highest BCUT2D eigenvalue weighted by molar-refractivity contribution is 7.99. The molecule has 4 heterocycles. The average Bonchev–Trinajstić information content (AvgIpc) is 3.39. The maximum absolute atomic E-state index is 14.9. The molecule has 2 aliphatic heterocycles. The lowest BCUT2D eigenvalue weighted by Crippen LogP contribution is -2.48. The molecule has 1 saturated heterocycles. The standard InChI is InChI=1S/C24H27FN8O2S/c1-15(2)33-22(28-29-30-33)20-4-3-5-21(26-20)27-23(34)18-12-17-14-32(7-6-16(17)13-19(18)25)24(35)31-8-10-36-11-9-31/h3-5,12-13,15H,6-11,14H2,1-2H3,(H,26,27,34). The molecule has 0 bridgehead atoms. The SMILES string of the molecule is CC(C)n1nnnc1-c1cccc(NC(=O)c2cc3c(cc2F)CCN(C(=O)N2CCSCC2)C3)n1. The van der Waals surface area contributed by atoms with Crippen molar-refractivity contribution in [3.63, 3.8) is 0 Å². The number of carbonyl (C=O) groups is 2. The molecular formula is C24H27FN8O2S.